The van der Waals surface area contributed by atoms with Gasteiger partial charge in [-0.3, -0.25) is 0 Å². The van der Waals surface area contributed by atoms with Crippen molar-refractivity contribution in [2.45, 2.75) is 19.4 Å². The predicted octanol–water partition coefficient (Wildman–Crippen LogP) is 2.63. The van der Waals surface area contributed by atoms with Crippen molar-refractivity contribution in [3.8, 4) is 0 Å². The van der Waals surface area contributed by atoms with Crippen LogP contribution in [0.3, 0.4) is 0 Å². The maximum Gasteiger partial charge on any atom is 0.338 e. The smallest absolute Gasteiger partial charge is 0.338 e. The first kappa shape index (κ1) is 12.4. The van der Waals surface area contributed by atoms with E-state index in [0.29, 0.717) is 24.4 Å². The number of cyclic esters (lactones) is 1. The second kappa shape index (κ2) is 5.54. The van der Waals surface area contributed by atoms with E-state index in [1.54, 1.807) is 13.0 Å². The van der Waals surface area contributed by atoms with Crippen LogP contribution in [-0.4, -0.2) is 18.7 Å². The maximum atomic E-state index is 11.6. The molecule has 0 saturated heterocycles. The lowest BCUT2D eigenvalue weighted by molar-refractivity contribution is -0.140. The third kappa shape index (κ3) is 2.62. The van der Waals surface area contributed by atoms with E-state index in [1.807, 2.05) is 30.3 Å². The Morgan fingerprint density at radius 1 is 1.39 bits per heavy atom. The summed E-state index contributed by atoms with van der Waals surface area (Å²) in [5.74, 6) is 0.332. The summed E-state index contributed by atoms with van der Waals surface area (Å²) in [5.41, 5.74) is 1.67. The number of carbonyl (C=O) groups excluding carboxylic acids is 1. The Morgan fingerprint density at radius 2 is 2.11 bits per heavy atom. The van der Waals surface area contributed by atoms with Crippen LogP contribution in [-0.2, 0) is 20.7 Å². The molecule has 0 bridgehead atoms. The number of esters is 1. The highest BCUT2D eigenvalue weighted by atomic mass is 16.6. The van der Waals surface area contributed by atoms with Gasteiger partial charge in [-0.25, -0.2) is 4.79 Å². The van der Waals surface area contributed by atoms with Crippen molar-refractivity contribution in [2.75, 3.05) is 6.61 Å². The third-order valence-electron chi connectivity index (χ3n) is 2.84. The van der Waals surface area contributed by atoms with Crippen LogP contribution in [0.2, 0.25) is 0 Å². The van der Waals surface area contributed by atoms with Crippen LogP contribution >= 0.6 is 0 Å². The summed E-state index contributed by atoms with van der Waals surface area (Å²) in [6.45, 7) is 5.71. The molecule has 0 aliphatic carbocycles. The summed E-state index contributed by atoms with van der Waals surface area (Å²) in [6.07, 6.45) is 1.97. The van der Waals surface area contributed by atoms with Gasteiger partial charge in [-0.1, -0.05) is 43.0 Å². The fraction of sp³-hybridized carbons (Fsp3) is 0.267. The van der Waals surface area contributed by atoms with Gasteiger partial charge in [0.25, 0.3) is 0 Å². The molecular formula is C15H16O3. The van der Waals surface area contributed by atoms with Gasteiger partial charge in [-0.2, -0.15) is 0 Å². The van der Waals surface area contributed by atoms with Crippen molar-refractivity contribution in [3.63, 3.8) is 0 Å². The van der Waals surface area contributed by atoms with E-state index in [1.165, 1.54) is 0 Å². The minimum Gasteiger partial charge on any atom is -0.489 e. The molecule has 0 N–H and O–H groups in total. The summed E-state index contributed by atoms with van der Waals surface area (Å²) >= 11 is 0. The predicted molar refractivity (Wildman–Crippen MR) is 68.9 cm³/mol. The molecule has 0 fully saturated rings. The molecule has 94 valence electrons. The zero-order valence-electron chi connectivity index (χ0n) is 10.4. The van der Waals surface area contributed by atoms with Crippen molar-refractivity contribution in [1.29, 1.82) is 0 Å². The lowest BCUT2D eigenvalue weighted by atomic mass is 10.1. The van der Waals surface area contributed by atoms with Gasteiger partial charge in [0.2, 0.25) is 0 Å². The molecule has 3 nitrogen and oxygen atoms in total. The molecule has 1 heterocycles. The summed E-state index contributed by atoms with van der Waals surface area (Å²) in [6, 6.07) is 9.90. The van der Waals surface area contributed by atoms with Gasteiger partial charge in [-0.05, 0) is 12.5 Å². The van der Waals surface area contributed by atoms with Gasteiger partial charge < -0.3 is 9.47 Å². The molecule has 1 aliphatic heterocycles. The largest absolute Gasteiger partial charge is 0.489 e. The SMILES string of the molecule is C=CCOC1=C(C)C(=O)O[C@H]1Cc1ccccc1. The third-order valence-corrected chi connectivity index (χ3v) is 2.84. The quantitative estimate of drug-likeness (QED) is 0.590. The Labute approximate surface area is 107 Å². The van der Waals surface area contributed by atoms with Gasteiger partial charge in [0.15, 0.2) is 6.10 Å². The number of hydrogen-bond acceptors (Lipinski definition) is 3. The molecular weight excluding hydrogens is 228 g/mol. The van der Waals surface area contributed by atoms with E-state index in [4.69, 9.17) is 9.47 Å². The van der Waals surface area contributed by atoms with Crippen molar-refractivity contribution in [3.05, 3.63) is 59.9 Å². The topological polar surface area (TPSA) is 35.5 Å². The second-order valence-electron chi connectivity index (χ2n) is 4.17. The molecule has 0 saturated carbocycles. The molecule has 2 rings (SSSR count). The van der Waals surface area contributed by atoms with Crippen LogP contribution in [0.25, 0.3) is 0 Å². The van der Waals surface area contributed by atoms with Gasteiger partial charge in [0, 0.05) is 6.42 Å². The van der Waals surface area contributed by atoms with Crippen LogP contribution < -0.4 is 0 Å². The molecule has 1 aliphatic rings. The highest BCUT2D eigenvalue weighted by Gasteiger charge is 2.32. The first-order valence-electron chi connectivity index (χ1n) is 5.91. The van der Waals surface area contributed by atoms with Gasteiger partial charge in [0.1, 0.15) is 12.4 Å². The fourth-order valence-electron chi connectivity index (χ4n) is 1.93. The van der Waals surface area contributed by atoms with Crippen LogP contribution in [0.4, 0.5) is 0 Å². The van der Waals surface area contributed by atoms with Gasteiger partial charge in [0.05, 0.1) is 5.57 Å². The van der Waals surface area contributed by atoms with Crippen molar-refractivity contribution in [2.24, 2.45) is 0 Å². The number of carbonyl (C=O) groups is 1. The van der Waals surface area contributed by atoms with Crippen LogP contribution in [0.1, 0.15) is 12.5 Å². The van der Waals surface area contributed by atoms with Crippen molar-refractivity contribution in [1.82, 2.24) is 0 Å². The van der Waals surface area contributed by atoms with E-state index in [0.717, 1.165) is 5.56 Å². The standard InChI is InChI=1S/C15H16O3/c1-3-9-17-14-11(2)15(16)18-13(14)10-12-7-5-4-6-8-12/h3-8,13H,1,9-10H2,2H3/t13-/m0/s1. The Kier molecular flexibility index (Phi) is 3.82. The summed E-state index contributed by atoms with van der Waals surface area (Å²) in [7, 11) is 0. The molecule has 1 aromatic rings. The zero-order valence-corrected chi connectivity index (χ0v) is 10.4. The highest BCUT2D eigenvalue weighted by molar-refractivity contribution is 5.91. The average molecular weight is 244 g/mol. The molecule has 0 amide bonds. The monoisotopic (exact) mass is 244 g/mol. The number of benzene rings is 1. The van der Waals surface area contributed by atoms with E-state index >= 15 is 0 Å². The van der Waals surface area contributed by atoms with E-state index in [9.17, 15) is 4.79 Å². The van der Waals surface area contributed by atoms with Crippen LogP contribution in [0, 0.1) is 0 Å². The molecule has 0 aromatic heterocycles. The number of hydrogen-bond donors (Lipinski definition) is 0. The minimum absolute atomic E-state index is 0.296. The van der Waals surface area contributed by atoms with Crippen LogP contribution in [0.15, 0.2) is 54.3 Å². The normalized spacial score (nSPS) is 18.7. The lowest BCUT2D eigenvalue weighted by Crippen LogP contribution is -2.16. The Bertz CT molecular complexity index is 474. The molecule has 1 aromatic carbocycles. The van der Waals surface area contributed by atoms with Crippen LogP contribution in [0.5, 0.6) is 0 Å². The van der Waals surface area contributed by atoms with Crippen molar-refractivity contribution >= 4 is 5.97 Å². The Morgan fingerprint density at radius 3 is 2.78 bits per heavy atom. The molecule has 1 atom stereocenters. The molecule has 0 radical (unpaired) electrons. The van der Waals surface area contributed by atoms with E-state index < -0.39 is 0 Å². The van der Waals surface area contributed by atoms with Gasteiger partial charge >= 0.3 is 5.97 Å². The highest BCUT2D eigenvalue weighted by Crippen LogP contribution is 2.26. The number of ether oxygens (including phenoxy) is 2. The van der Waals surface area contributed by atoms with E-state index in [2.05, 4.69) is 6.58 Å². The first-order chi connectivity index (χ1) is 8.72. The average Bonchev–Trinajstić information content (AvgIpc) is 2.64. The molecule has 18 heavy (non-hydrogen) atoms. The lowest BCUT2D eigenvalue weighted by Gasteiger charge is -2.14. The zero-order chi connectivity index (χ0) is 13.0. The Hall–Kier alpha value is -2.03. The fourth-order valence-corrected chi connectivity index (χ4v) is 1.93. The first-order valence-corrected chi connectivity index (χ1v) is 5.91. The second-order valence-corrected chi connectivity index (χ2v) is 4.17. The Balaban J connectivity index is 2.13. The number of rotatable bonds is 5. The minimum atomic E-state index is -0.320. The summed E-state index contributed by atoms with van der Waals surface area (Å²) in [5, 5.41) is 0. The molecule has 0 unspecified atom stereocenters. The summed E-state index contributed by atoms with van der Waals surface area (Å²) < 4.78 is 10.9. The molecule has 0 spiro atoms. The molecule has 3 heteroatoms. The van der Waals surface area contributed by atoms with Crippen molar-refractivity contribution < 1.29 is 14.3 Å². The van der Waals surface area contributed by atoms with E-state index in [-0.39, 0.29) is 12.1 Å². The maximum absolute atomic E-state index is 11.6. The summed E-state index contributed by atoms with van der Waals surface area (Å²) in [4.78, 5) is 11.6. The van der Waals surface area contributed by atoms with Gasteiger partial charge in [-0.15, -0.1) is 0 Å².